The summed E-state index contributed by atoms with van der Waals surface area (Å²) in [6.07, 6.45) is 2.36. The lowest BCUT2D eigenvalue weighted by Crippen LogP contribution is -2.36. The van der Waals surface area contributed by atoms with Gasteiger partial charge in [-0.3, -0.25) is 14.6 Å². The van der Waals surface area contributed by atoms with Gasteiger partial charge in [-0.05, 0) is 55.0 Å². The number of ether oxygens (including phenoxy) is 1. The van der Waals surface area contributed by atoms with Crippen molar-refractivity contribution in [2.24, 2.45) is 0 Å². The van der Waals surface area contributed by atoms with Crippen LogP contribution in [-0.2, 0) is 11.3 Å². The molecular weight excluding hydrogens is 425 g/mol. The molecule has 0 spiro atoms. The third kappa shape index (κ3) is 5.95. The maximum Gasteiger partial charge on any atom is 0.261 e. The number of nitrogens with one attached hydrogen (secondary N) is 2. The predicted octanol–water partition coefficient (Wildman–Crippen LogP) is 4.72. The molecule has 0 fully saturated rings. The number of halogens is 2. The Morgan fingerprint density at radius 2 is 1.83 bits per heavy atom. The van der Waals surface area contributed by atoms with Crippen molar-refractivity contribution in [3.8, 4) is 5.75 Å². The fraction of sp³-hybridized carbons (Fsp3) is 0.136. The van der Waals surface area contributed by atoms with Crippen LogP contribution in [0.4, 0.5) is 5.69 Å². The average Bonchev–Trinajstić information content (AvgIpc) is 2.74. The van der Waals surface area contributed by atoms with Crippen molar-refractivity contribution in [2.45, 2.75) is 19.6 Å². The summed E-state index contributed by atoms with van der Waals surface area (Å²) in [7, 11) is 0. The summed E-state index contributed by atoms with van der Waals surface area (Å²) in [6, 6.07) is 15.3. The quantitative estimate of drug-likeness (QED) is 0.553. The van der Waals surface area contributed by atoms with Gasteiger partial charge < -0.3 is 15.4 Å². The van der Waals surface area contributed by atoms with E-state index in [-0.39, 0.29) is 18.4 Å². The second-order valence-corrected chi connectivity index (χ2v) is 7.29. The summed E-state index contributed by atoms with van der Waals surface area (Å²) in [6.45, 7) is 1.91. The molecule has 3 rings (SSSR count). The number of rotatable bonds is 7. The SMILES string of the molecule is CC(Oc1ccc(Cl)cc1Cl)C(=O)NCc1cccc(NC(=O)c2ccncc2)c1. The molecule has 3 aromatic rings. The summed E-state index contributed by atoms with van der Waals surface area (Å²) in [5, 5.41) is 6.45. The number of amides is 2. The molecule has 30 heavy (non-hydrogen) atoms. The van der Waals surface area contributed by atoms with E-state index in [1.165, 1.54) is 0 Å². The molecule has 1 atom stereocenters. The van der Waals surface area contributed by atoms with Gasteiger partial charge in [0.25, 0.3) is 11.8 Å². The van der Waals surface area contributed by atoms with Crippen LogP contribution >= 0.6 is 23.2 Å². The highest BCUT2D eigenvalue weighted by molar-refractivity contribution is 6.35. The molecule has 0 radical (unpaired) electrons. The molecular formula is C22H19Cl2N3O3. The van der Waals surface area contributed by atoms with E-state index >= 15 is 0 Å². The van der Waals surface area contributed by atoms with Crippen molar-refractivity contribution in [1.82, 2.24) is 10.3 Å². The molecule has 0 bridgehead atoms. The summed E-state index contributed by atoms with van der Waals surface area (Å²) in [4.78, 5) is 28.5. The molecule has 2 N–H and O–H groups in total. The molecule has 0 saturated heterocycles. The van der Waals surface area contributed by atoms with E-state index in [9.17, 15) is 9.59 Å². The van der Waals surface area contributed by atoms with Gasteiger partial charge in [-0.15, -0.1) is 0 Å². The normalized spacial score (nSPS) is 11.4. The smallest absolute Gasteiger partial charge is 0.261 e. The fourth-order valence-corrected chi connectivity index (χ4v) is 3.07. The van der Waals surface area contributed by atoms with Crippen LogP contribution in [0.2, 0.25) is 10.0 Å². The first-order chi connectivity index (χ1) is 14.4. The third-order valence-corrected chi connectivity index (χ3v) is 4.69. The molecule has 2 aromatic carbocycles. The van der Waals surface area contributed by atoms with Crippen LogP contribution in [-0.4, -0.2) is 22.9 Å². The Kier molecular flexibility index (Phi) is 7.27. The zero-order valence-corrected chi connectivity index (χ0v) is 17.6. The lowest BCUT2D eigenvalue weighted by Gasteiger charge is -2.16. The second kappa shape index (κ2) is 10.1. The molecule has 2 amide bonds. The Morgan fingerprint density at radius 1 is 1.07 bits per heavy atom. The average molecular weight is 444 g/mol. The molecule has 1 aromatic heterocycles. The van der Waals surface area contributed by atoms with Crippen LogP contribution in [0.5, 0.6) is 5.75 Å². The number of carbonyl (C=O) groups excluding carboxylic acids is 2. The van der Waals surface area contributed by atoms with Crippen molar-refractivity contribution in [2.75, 3.05) is 5.32 Å². The van der Waals surface area contributed by atoms with Gasteiger partial charge in [-0.25, -0.2) is 0 Å². The van der Waals surface area contributed by atoms with Gasteiger partial charge in [0.15, 0.2) is 6.10 Å². The van der Waals surface area contributed by atoms with Crippen LogP contribution in [0.25, 0.3) is 0 Å². The van der Waals surface area contributed by atoms with Crippen molar-refractivity contribution in [3.63, 3.8) is 0 Å². The third-order valence-electron chi connectivity index (χ3n) is 4.16. The summed E-state index contributed by atoms with van der Waals surface area (Å²) >= 11 is 11.9. The Bertz CT molecular complexity index is 1040. The van der Waals surface area contributed by atoms with Gasteiger partial charge in [0.1, 0.15) is 5.75 Å². The zero-order chi connectivity index (χ0) is 21.5. The highest BCUT2D eigenvalue weighted by Gasteiger charge is 2.16. The molecule has 0 aliphatic rings. The summed E-state index contributed by atoms with van der Waals surface area (Å²) in [5.74, 6) is -0.155. The van der Waals surface area contributed by atoms with Crippen molar-refractivity contribution < 1.29 is 14.3 Å². The molecule has 154 valence electrons. The van der Waals surface area contributed by atoms with Crippen LogP contribution < -0.4 is 15.4 Å². The van der Waals surface area contributed by atoms with Gasteiger partial charge in [0, 0.05) is 35.2 Å². The van der Waals surface area contributed by atoms with E-state index in [1.54, 1.807) is 67.8 Å². The Balaban J connectivity index is 1.55. The Hall–Kier alpha value is -3.09. The molecule has 0 saturated carbocycles. The monoisotopic (exact) mass is 443 g/mol. The van der Waals surface area contributed by atoms with Gasteiger partial charge in [-0.1, -0.05) is 35.3 Å². The minimum atomic E-state index is -0.752. The van der Waals surface area contributed by atoms with Gasteiger partial charge in [0.05, 0.1) is 5.02 Å². The number of benzene rings is 2. The minimum Gasteiger partial charge on any atom is -0.479 e. The Morgan fingerprint density at radius 3 is 2.57 bits per heavy atom. The van der Waals surface area contributed by atoms with Crippen LogP contribution in [0.3, 0.4) is 0 Å². The molecule has 8 heteroatoms. The van der Waals surface area contributed by atoms with Crippen molar-refractivity contribution >= 4 is 40.7 Å². The van der Waals surface area contributed by atoms with E-state index in [0.29, 0.717) is 27.0 Å². The van der Waals surface area contributed by atoms with Gasteiger partial charge in [-0.2, -0.15) is 0 Å². The number of hydrogen-bond acceptors (Lipinski definition) is 4. The van der Waals surface area contributed by atoms with Crippen LogP contribution in [0.15, 0.2) is 67.0 Å². The Labute approximate surface area is 184 Å². The largest absolute Gasteiger partial charge is 0.479 e. The van der Waals surface area contributed by atoms with E-state index in [1.807, 2.05) is 6.07 Å². The summed E-state index contributed by atoms with van der Waals surface area (Å²) in [5.41, 5.74) is 1.96. The maximum absolute atomic E-state index is 12.4. The zero-order valence-electron chi connectivity index (χ0n) is 16.1. The number of nitrogens with zero attached hydrogens (tertiary/aromatic N) is 1. The van der Waals surface area contributed by atoms with Crippen LogP contribution in [0.1, 0.15) is 22.8 Å². The standard InChI is InChI=1S/C22H19Cl2N3O3/c1-14(30-20-6-5-17(23)12-19(20)24)21(28)26-13-15-3-2-4-18(11-15)27-22(29)16-7-9-25-10-8-16/h2-12,14H,13H2,1H3,(H,26,28)(H,27,29). The highest BCUT2D eigenvalue weighted by Crippen LogP contribution is 2.28. The first kappa shape index (κ1) is 21.6. The number of aromatic nitrogens is 1. The van der Waals surface area contributed by atoms with E-state index in [2.05, 4.69) is 15.6 Å². The molecule has 6 nitrogen and oxygen atoms in total. The molecule has 1 heterocycles. The second-order valence-electron chi connectivity index (χ2n) is 6.44. The molecule has 0 aliphatic carbocycles. The number of hydrogen-bond donors (Lipinski definition) is 2. The van der Waals surface area contributed by atoms with Gasteiger partial charge in [0.2, 0.25) is 0 Å². The fourth-order valence-electron chi connectivity index (χ4n) is 2.61. The predicted molar refractivity (Wildman–Crippen MR) is 117 cm³/mol. The first-order valence-electron chi connectivity index (χ1n) is 9.12. The number of pyridine rings is 1. The summed E-state index contributed by atoms with van der Waals surface area (Å²) < 4.78 is 5.61. The molecule has 0 aliphatic heterocycles. The number of carbonyl (C=O) groups is 2. The lowest BCUT2D eigenvalue weighted by molar-refractivity contribution is -0.127. The maximum atomic E-state index is 12.4. The number of anilines is 1. The highest BCUT2D eigenvalue weighted by atomic mass is 35.5. The van der Waals surface area contributed by atoms with Crippen molar-refractivity contribution in [3.05, 3.63) is 88.2 Å². The van der Waals surface area contributed by atoms with Crippen LogP contribution in [0, 0.1) is 0 Å². The van der Waals surface area contributed by atoms with Gasteiger partial charge >= 0.3 is 0 Å². The van der Waals surface area contributed by atoms with Crippen molar-refractivity contribution in [1.29, 1.82) is 0 Å². The first-order valence-corrected chi connectivity index (χ1v) is 9.87. The lowest BCUT2D eigenvalue weighted by atomic mass is 10.2. The minimum absolute atomic E-state index is 0.236. The van der Waals surface area contributed by atoms with E-state index in [4.69, 9.17) is 27.9 Å². The van der Waals surface area contributed by atoms with E-state index < -0.39 is 6.10 Å². The van der Waals surface area contributed by atoms with E-state index in [0.717, 1.165) is 5.56 Å². The topological polar surface area (TPSA) is 80.3 Å². The molecule has 1 unspecified atom stereocenters.